The fourth-order valence-corrected chi connectivity index (χ4v) is 3.13. The van der Waals surface area contributed by atoms with Gasteiger partial charge in [-0.15, -0.1) is 0 Å². The number of aldehydes is 1. The lowest BCUT2D eigenvalue weighted by Crippen LogP contribution is -2.40. The molecule has 2 aliphatic rings. The Labute approximate surface area is 155 Å². The summed E-state index contributed by atoms with van der Waals surface area (Å²) in [7, 11) is 0. The Hall–Kier alpha value is -3.09. The number of carbonyl (C=O) groups excluding carboxylic acids is 5. The number of piperidine rings is 1. The van der Waals surface area contributed by atoms with Gasteiger partial charge in [0.1, 0.15) is 12.0 Å². The second kappa shape index (κ2) is 8.07. The van der Waals surface area contributed by atoms with Crippen molar-refractivity contribution in [3.63, 3.8) is 0 Å². The number of ketones is 2. The molecule has 3 rings (SSSR count). The number of Topliss-reactive ketones (excluding diaryl/α,β-unsaturated/α-hetero) is 2. The highest BCUT2D eigenvalue weighted by atomic mass is 16.5. The van der Waals surface area contributed by atoms with Gasteiger partial charge in [0.15, 0.2) is 11.6 Å². The first-order chi connectivity index (χ1) is 13.0. The van der Waals surface area contributed by atoms with E-state index in [9.17, 15) is 24.0 Å². The molecular weight excluding hydrogens is 350 g/mol. The van der Waals surface area contributed by atoms with Crippen LogP contribution in [0, 0.1) is 5.92 Å². The third-order valence-corrected chi connectivity index (χ3v) is 4.60. The van der Waals surface area contributed by atoms with Gasteiger partial charge in [-0.1, -0.05) is 6.08 Å². The second-order valence-electron chi connectivity index (χ2n) is 6.51. The van der Waals surface area contributed by atoms with Crippen LogP contribution in [-0.4, -0.2) is 36.3 Å². The molecule has 7 nitrogen and oxygen atoms in total. The number of allylic oxidation sites excluding steroid dienone is 1. The molecule has 1 saturated heterocycles. The van der Waals surface area contributed by atoms with Crippen LogP contribution in [0.3, 0.4) is 0 Å². The van der Waals surface area contributed by atoms with E-state index in [0.717, 1.165) is 12.7 Å². The van der Waals surface area contributed by atoms with Crippen molar-refractivity contribution in [1.82, 2.24) is 5.32 Å². The van der Waals surface area contributed by atoms with Crippen LogP contribution in [0.25, 0.3) is 0 Å². The molecule has 0 spiro atoms. The van der Waals surface area contributed by atoms with Crippen molar-refractivity contribution in [2.75, 3.05) is 6.61 Å². The van der Waals surface area contributed by atoms with Crippen molar-refractivity contribution >= 4 is 29.7 Å². The van der Waals surface area contributed by atoms with Gasteiger partial charge < -0.3 is 9.53 Å². The number of unbranched alkanes of at least 4 members (excludes halogenated alkanes) is 2. The zero-order chi connectivity index (χ0) is 19.4. The lowest BCUT2D eigenvalue weighted by Gasteiger charge is -2.17. The van der Waals surface area contributed by atoms with Crippen LogP contribution in [0.15, 0.2) is 29.8 Å². The van der Waals surface area contributed by atoms with Gasteiger partial charge in [0, 0.05) is 24.0 Å². The van der Waals surface area contributed by atoms with Crippen LogP contribution >= 0.6 is 0 Å². The van der Waals surface area contributed by atoms with Gasteiger partial charge in [-0.2, -0.15) is 0 Å². The maximum Gasteiger partial charge on any atom is 0.233 e. The van der Waals surface area contributed by atoms with Crippen LogP contribution in [-0.2, 0) is 14.4 Å². The lowest BCUT2D eigenvalue weighted by molar-refractivity contribution is -0.135. The Balaban J connectivity index is 1.73. The quantitative estimate of drug-likeness (QED) is 0.258. The summed E-state index contributed by atoms with van der Waals surface area (Å²) >= 11 is 0. The molecule has 140 valence electrons. The van der Waals surface area contributed by atoms with E-state index in [1.54, 1.807) is 12.1 Å². The summed E-state index contributed by atoms with van der Waals surface area (Å²) in [6.45, 7) is 0.410. The summed E-state index contributed by atoms with van der Waals surface area (Å²) in [4.78, 5) is 58.6. The number of ether oxygens (including phenoxy) is 1. The molecule has 1 fully saturated rings. The molecule has 1 aliphatic heterocycles. The summed E-state index contributed by atoms with van der Waals surface area (Å²) in [5.41, 5.74) is 0.499. The standard InChI is InChI=1S/C20H19NO6/c22-8-2-1-3-9-27-13-5-6-14-15(11-13)19(25)16(18(14)24)10-12-4-7-17(23)21-20(12)26/h5-6,8,10-12H,1-4,7,9H2,(H,21,23,26)/b16-10-. The first kappa shape index (κ1) is 18.7. The number of rotatable bonds is 7. The smallest absolute Gasteiger partial charge is 0.233 e. The summed E-state index contributed by atoms with van der Waals surface area (Å²) in [6, 6.07) is 4.70. The first-order valence-corrected chi connectivity index (χ1v) is 8.86. The van der Waals surface area contributed by atoms with Crippen LogP contribution in [0.1, 0.15) is 52.8 Å². The largest absolute Gasteiger partial charge is 0.494 e. The molecule has 0 aromatic heterocycles. The maximum atomic E-state index is 12.6. The highest BCUT2D eigenvalue weighted by Gasteiger charge is 2.35. The third-order valence-electron chi connectivity index (χ3n) is 4.60. The van der Waals surface area contributed by atoms with Crippen LogP contribution in [0.4, 0.5) is 0 Å². The minimum absolute atomic E-state index is 0.0392. The van der Waals surface area contributed by atoms with Gasteiger partial charge in [0.05, 0.1) is 18.1 Å². The average Bonchev–Trinajstić information content (AvgIpc) is 2.88. The number of hydrogen-bond acceptors (Lipinski definition) is 6. The van der Waals surface area contributed by atoms with E-state index in [0.29, 0.717) is 25.2 Å². The zero-order valence-electron chi connectivity index (χ0n) is 14.7. The summed E-state index contributed by atoms with van der Waals surface area (Å²) in [6.07, 6.45) is 4.60. The highest BCUT2D eigenvalue weighted by Crippen LogP contribution is 2.31. The van der Waals surface area contributed by atoms with E-state index in [1.165, 1.54) is 12.1 Å². The number of carbonyl (C=O) groups is 5. The van der Waals surface area contributed by atoms with Crippen molar-refractivity contribution in [3.05, 3.63) is 41.0 Å². The molecule has 0 radical (unpaired) electrons. The number of nitrogens with one attached hydrogen (secondary N) is 1. The molecule has 1 aliphatic carbocycles. The third kappa shape index (κ3) is 4.02. The highest BCUT2D eigenvalue weighted by molar-refractivity contribution is 6.39. The monoisotopic (exact) mass is 369 g/mol. The molecule has 27 heavy (non-hydrogen) atoms. The van der Waals surface area contributed by atoms with Gasteiger partial charge in [-0.3, -0.25) is 24.5 Å². The normalized spacial score (nSPS) is 20.6. The fourth-order valence-electron chi connectivity index (χ4n) is 3.13. The number of fused-ring (bicyclic) bond motifs is 1. The van der Waals surface area contributed by atoms with Crippen LogP contribution < -0.4 is 10.1 Å². The van der Waals surface area contributed by atoms with Crippen molar-refractivity contribution in [2.24, 2.45) is 5.92 Å². The van der Waals surface area contributed by atoms with Crippen LogP contribution in [0.2, 0.25) is 0 Å². The predicted molar refractivity (Wildman–Crippen MR) is 94.5 cm³/mol. The van der Waals surface area contributed by atoms with E-state index < -0.39 is 23.4 Å². The Morgan fingerprint density at radius 3 is 2.59 bits per heavy atom. The topological polar surface area (TPSA) is 107 Å². The molecule has 1 N–H and O–H groups in total. The molecule has 1 heterocycles. The Bertz CT molecular complexity index is 854. The zero-order valence-corrected chi connectivity index (χ0v) is 14.7. The van der Waals surface area contributed by atoms with Gasteiger partial charge in [0.25, 0.3) is 0 Å². The van der Waals surface area contributed by atoms with Gasteiger partial charge in [-0.05, 0) is 37.5 Å². The molecule has 7 heteroatoms. The number of benzene rings is 1. The van der Waals surface area contributed by atoms with Crippen molar-refractivity contribution < 1.29 is 28.7 Å². The molecule has 1 aromatic carbocycles. The first-order valence-electron chi connectivity index (χ1n) is 8.86. The minimum Gasteiger partial charge on any atom is -0.494 e. The van der Waals surface area contributed by atoms with Crippen molar-refractivity contribution in [3.8, 4) is 5.75 Å². The number of amides is 2. The summed E-state index contributed by atoms with van der Waals surface area (Å²) < 4.78 is 5.57. The molecule has 1 aromatic rings. The van der Waals surface area contributed by atoms with Gasteiger partial charge >= 0.3 is 0 Å². The Morgan fingerprint density at radius 2 is 1.85 bits per heavy atom. The van der Waals surface area contributed by atoms with E-state index in [-0.39, 0.29) is 35.4 Å². The molecule has 1 unspecified atom stereocenters. The molecule has 2 amide bonds. The Kier molecular flexibility index (Phi) is 5.59. The average molecular weight is 369 g/mol. The van der Waals surface area contributed by atoms with E-state index in [4.69, 9.17) is 4.74 Å². The fraction of sp³-hybridized carbons (Fsp3) is 0.350. The summed E-state index contributed by atoms with van der Waals surface area (Å²) in [5, 5.41) is 2.21. The lowest BCUT2D eigenvalue weighted by atomic mass is 9.94. The van der Waals surface area contributed by atoms with Crippen LogP contribution in [0.5, 0.6) is 5.75 Å². The number of hydrogen-bond donors (Lipinski definition) is 1. The summed E-state index contributed by atoms with van der Waals surface area (Å²) in [5.74, 6) is -1.90. The van der Waals surface area contributed by atoms with Gasteiger partial charge in [-0.25, -0.2) is 0 Å². The molecule has 0 saturated carbocycles. The molecule has 1 atom stereocenters. The number of imide groups is 1. The van der Waals surface area contributed by atoms with Gasteiger partial charge in [0.2, 0.25) is 11.8 Å². The SMILES string of the molecule is O=CCCCCOc1ccc2c(c1)C(=O)/C(=C\C1CCC(=O)NC1=O)C2=O. The van der Waals surface area contributed by atoms with Crippen molar-refractivity contribution in [2.45, 2.75) is 32.1 Å². The molecular formula is C20H19NO6. The minimum atomic E-state index is -0.673. The van der Waals surface area contributed by atoms with E-state index in [2.05, 4.69) is 5.32 Å². The Morgan fingerprint density at radius 1 is 1.07 bits per heavy atom. The second-order valence-corrected chi connectivity index (χ2v) is 6.51. The predicted octanol–water partition coefficient (Wildman–Crippen LogP) is 1.79. The van der Waals surface area contributed by atoms with E-state index in [1.807, 2.05) is 0 Å². The van der Waals surface area contributed by atoms with Crippen molar-refractivity contribution in [1.29, 1.82) is 0 Å². The molecule has 0 bridgehead atoms. The maximum absolute atomic E-state index is 12.6. The van der Waals surface area contributed by atoms with E-state index >= 15 is 0 Å².